The fourth-order valence-corrected chi connectivity index (χ4v) is 3.45. The molecule has 1 N–H and O–H groups in total. The third-order valence-corrected chi connectivity index (χ3v) is 4.52. The summed E-state index contributed by atoms with van der Waals surface area (Å²) in [6.45, 7) is 8.72. The quantitative estimate of drug-likeness (QED) is 0.820. The van der Waals surface area contributed by atoms with Gasteiger partial charge >= 0.3 is 0 Å². The molecule has 1 aliphatic rings. The molecule has 0 aromatic carbocycles. The predicted octanol–water partition coefficient (Wildman–Crippen LogP) is 2.39. The molecule has 0 saturated heterocycles. The number of hydrogen-bond acceptors (Lipinski definition) is 3. The molecule has 0 atom stereocenters. The lowest BCUT2D eigenvalue weighted by atomic mass is 10.0. The van der Waals surface area contributed by atoms with E-state index in [-0.39, 0.29) is 0 Å². The number of rotatable bonds is 3. The summed E-state index contributed by atoms with van der Waals surface area (Å²) >= 11 is 1.72. The second-order valence-corrected chi connectivity index (χ2v) is 5.64. The first-order chi connectivity index (χ1) is 7.63. The van der Waals surface area contributed by atoms with Crippen LogP contribution in [0.3, 0.4) is 0 Å². The van der Waals surface area contributed by atoms with Gasteiger partial charge < -0.3 is 5.32 Å². The summed E-state index contributed by atoms with van der Waals surface area (Å²) in [5, 5.41) is 3.82. The summed E-state index contributed by atoms with van der Waals surface area (Å²) in [5.41, 5.74) is 2.71. The maximum atomic E-state index is 10.5. The Bertz CT molecular complexity index is 398. The second-order valence-electron chi connectivity index (χ2n) is 4.53. The fourth-order valence-electron chi connectivity index (χ4n) is 2.21. The highest BCUT2D eigenvalue weighted by molar-refractivity contribution is 7.16. The molecular weight excluding hydrogens is 220 g/mol. The zero-order valence-corrected chi connectivity index (χ0v) is 10.9. The molecule has 1 aliphatic heterocycles. The molecular formula is C12H18N2OS. The van der Waals surface area contributed by atoms with Crippen LogP contribution in [0.2, 0.25) is 0 Å². The van der Waals surface area contributed by atoms with Gasteiger partial charge in [-0.05, 0) is 38.3 Å². The monoisotopic (exact) mass is 238 g/mol. The van der Waals surface area contributed by atoms with Crippen molar-refractivity contribution in [1.82, 2.24) is 4.90 Å². The van der Waals surface area contributed by atoms with Crippen molar-refractivity contribution < 1.29 is 4.79 Å². The van der Waals surface area contributed by atoms with E-state index in [2.05, 4.69) is 31.0 Å². The Morgan fingerprint density at radius 3 is 2.88 bits per heavy atom. The van der Waals surface area contributed by atoms with Crippen molar-refractivity contribution in [1.29, 1.82) is 0 Å². The minimum absolute atomic E-state index is 0.595. The number of amides is 1. The maximum absolute atomic E-state index is 10.5. The molecule has 1 aromatic heterocycles. The van der Waals surface area contributed by atoms with E-state index in [4.69, 9.17) is 0 Å². The Morgan fingerprint density at radius 2 is 2.25 bits per heavy atom. The molecule has 0 bridgehead atoms. The molecule has 16 heavy (non-hydrogen) atoms. The number of nitrogens with zero attached hydrogens (tertiary/aromatic N) is 1. The lowest BCUT2D eigenvalue weighted by molar-refractivity contribution is -0.105. The number of carbonyl (C=O) groups is 1. The molecule has 0 saturated carbocycles. The Balaban J connectivity index is 2.26. The van der Waals surface area contributed by atoms with E-state index in [0.717, 1.165) is 30.9 Å². The minimum Gasteiger partial charge on any atom is -0.320 e. The highest BCUT2D eigenvalue weighted by Crippen LogP contribution is 2.36. The van der Waals surface area contributed by atoms with E-state index >= 15 is 0 Å². The van der Waals surface area contributed by atoms with Crippen molar-refractivity contribution >= 4 is 22.7 Å². The number of thiophene rings is 1. The number of fused-ring (bicyclic) bond motifs is 1. The third kappa shape index (κ3) is 1.99. The van der Waals surface area contributed by atoms with Crippen LogP contribution in [-0.2, 0) is 17.8 Å². The molecule has 2 heterocycles. The first kappa shape index (κ1) is 11.6. The van der Waals surface area contributed by atoms with Gasteiger partial charge in [0, 0.05) is 24.0 Å². The lowest BCUT2D eigenvalue weighted by Gasteiger charge is -2.30. The van der Waals surface area contributed by atoms with Gasteiger partial charge in [0.15, 0.2) is 0 Å². The average molecular weight is 238 g/mol. The van der Waals surface area contributed by atoms with E-state index in [0.29, 0.717) is 6.04 Å². The summed E-state index contributed by atoms with van der Waals surface area (Å²) in [5.74, 6) is 0. The molecule has 88 valence electrons. The molecule has 1 amide bonds. The number of carbonyl (C=O) groups excluding carboxylic acids is 1. The van der Waals surface area contributed by atoms with Gasteiger partial charge in [-0.1, -0.05) is 0 Å². The molecule has 2 rings (SSSR count). The summed E-state index contributed by atoms with van der Waals surface area (Å²) in [4.78, 5) is 14.4. The Kier molecular flexibility index (Phi) is 3.30. The van der Waals surface area contributed by atoms with Gasteiger partial charge in [0.25, 0.3) is 0 Å². The third-order valence-electron chi connectivity index (χ3n) is 3.27. The van der Waals surface area contributed by atoms with E-state index in [9.17, 15) is 4.79 Å². The van der Waals surface area contributed by atoms with Crippen molar-refractivity contribution in [3.8, 4) is 0 Å². The standard InChI is InChI=1S/C12H18N2OS/c1-8(2)14-5-4-10-9(3)12(13-7-15)16-11(10)6-14/h7-8H,4-6H2,1-3H3,(H,13,15). The SMILES string of the molecule is Cc1c(NC=O)sc2c1CCN(C(C)C)C2. The van der Waals surface area contributed by atoms with Crippen LogP contribution in [0.25, 0.3) is 0 Å². The van der Waals surface area contributed by atoms with Gasteiger partial charge in [-0.3, -0.25) is 9.69 Å². The summed E-state index contributed by atoms with van der Waals surface area (Å²) in [6, 6.07) is 0.595. The Morgan fingerprint density at radius 1 is 1.50 bits per heavy atom. The molecule has 0 radical (unpaired) electrons. The maximum Gasteiger partial charge on any atom is 0.212 e. The van der Waals surface area contributed by atoms with E-state index in [1.165, 1.54) is 16.0 Å². The van der Waals surface area contributed by atoms with Gasteiger partial charge in [-0.25, -0.2) is 0 Å². The minimum atomic E-state index is 0.595. The van der Waals surface area contributed by atoms with E-state index < -0.39 is 0 Å². The topological polar surface area (TPSA) is 32.3 Å². The van der Waals surface area contributed by atoms with Crippen molar-refractivity contribution in [2.24, 2.45) is 0 Å². The number of anilines is 1. The lowest BCUT2D eigenvalue weighted by Crippen LogP contribution is -2.35. The highest BCUT2D eigenvalue weighted by atomic mass is 32.1. The fraction of sp³-hybridized carbons (Fsp3) is 0.583. The Hall–Kier alpha value is -0.870. The van der Waals surface area contributed by atoms with Crippen LogP contribution < -0.4 is 5.32 Å². The molecule has 1 aromatic rings. The smallest absolute Gasteiger partial charge is 0.212 e. The van der Waals surface area contributed by atoms with Crippen LogP contribution in [-0.4, -0.2) is 23.9 Å². The summed E-state index contributed by atoms with van der Waals surface area (Å²) in [7, 11) is 0. The largest absolute Gasteiger partial charge is 0.320 e. The van der Waals surface area contributed by atoms with Crippen LogP contribution in [0.15, 0.2) is 0 Å². The van der Waals surface area contributed by atoms with Crippen LogP contribution in [0.1, 0.15) is 29.9 Å². The van der Waals surface area contributed by atoms with Crippen molar-refractivity contribution in [3.05, 3.63) is 16.0 Å². The van der Waals surface area contributed by atoms with Crippen molar-refractivity contribution in [3.63, 3.8) is 0 Å². The average Bonchev–Trinajstić information content (AvgIpc) is 2.56. The van der Waals surface area contributed by atoms with Gasteiger partial charge in [0.2, 0.25) is 6.41 Å². The van der Waals surface area contributed by atoms with E-state index in [1.54, 1.807) is 11.3 Å². The molecule has 0 unspecified atom stereocenters. The zero-order chi connectivity index (χ0) is 11.7. The summed E-state index contributed by atoms with van der Waals surface area (Å²) < 4.78 is 0. The predicted molar refractivity (Wildman–Crippen MR) is 68.0 cm³/mol. The van der Waals surface area contributed by atoms with Crippen molar-refractivity contribution in [2.45, 2.75) is 39.8 Å². The first-order valence-corrected chi connectivity index (χ1v) is 6.50. The molecule has 0 aliphatic carbocycles. The number of hydrogen-bond donors (Lipinski definition) is 1. The molecule has 0 spiro atoms. The first-order valence-electron chi connectivity index (χ1n) is 5.69. The number of nitrogens with one attached hydrogen (secondary N) is 1. The van der Waals surface area contributed by atoms with Crippen LogP contribution in [0.5, 0.6) is 0 Å². The van der Waals surface area contributed by atoms with Crippen LogP contribution in [0, 0.1) is 6.92 Å². The van der Waals surface area contributed by atoms with Gasteiger partial charge in [0.1, 0.15) is 0 Å². The highest BCUT2D eigenvalue weighted by Gasteiger charge is 2.23. The van der Waals surface area contributed by atoms with Gasteiger partial charge in [-0.15, -0.1) is 11.3 Å². The van der Waals surface area contributed by atoms with Gasteiger partial charge in [-0.2, -0.15) is 0 Å². The Labute approximate surface area is 100 Å². The van der Waals surface area contributed by atoms with Crippen molar-refractivity contribution in [2.75, 3.05) is 11.9 Å². The van der Waals surface area contributed by atoms with Crippen LogP contribution in [0.4, 0.5) is 5.00 Å². The van der Waals surface area contributed by atoms with Gasteiger partial charge in [0.05, 0.1) is 5.00 Å². The van der Waals surface area contributed by atoms with Crippen LogP contribution >= 0.6 is 11.3 Å². The molecule has 3 nitrogen and oxygen atoms in total. The zero-order valence-electron chi connectivity index (χ0n) is 10.0. The molecule has 4 heteroatoms. The van der Waals surface area contributed by atoms with E-state index in [1.807, 2.05) is 0 Å². The normalized spacial score (nSPS) is 16.2. The molecule has 0 fully saturated rings. The summed E-state index contributed by atoms with van der Waals surface area (Å²) in [6.07, 6.45) is 1.88. The second kappa shape index (κ2) is 4.55.